The van der Waals surface area contributed by atoms with Gasteiger partial charge in [-0.05, 0) is 25.1 Å². The van der Waals surface area contributed by atoms with E-state index in [1.807, 2.05) is 19.1 Å². The van der Waals surface area contributed by atoms with Crippen LogP contribution in [-0.2, 0) is 0 Å². The lowest BCUT2D eigenvalue weighted by Gasteiger charge is -2.05. The molecule has 2 aromatic carbocycles. The average molecular weight is 284 g/mol. The molecular formula is C17H16O4. The largest absolute Gasteiger partial charge is 0.507 e. The fourth-order valence-electron chi connectivity index (χ4n) is 1.85. The third kappa shape index (κ3) is 3.42. The van der Waals surface area contributed by atoms with E-state index in [1.165, 1.54) is 19.2 Å². The molecule has 108 valence electrons. The summed E-state index contributed by atoms with van der Waals surface area (Å²) >= 11 is 0. The van der Waals surface area contributed by atoms with Crippen LogP contribution >= 0.6 is 0 Å². The highest BCUT2D eigenvalue weighted by atomic mass is 16.5. The molecule has 0 aliphatic rings. The van der Waals surface area contributed by atoms with E-state index in [1.54, 1.807) is 18.2 Å². The second-order valence-corrected chi connectivity index (χ2v) is 4.64. The third-order valence-corrected chi connectivity index (χ3v) is 3.08. The minimum absolute atomic E-state index is 0.0769. The van der Waals surface area contributed by atoms with Crippen molar-refractivity contribution >= 4 is 11.5 Å². The zero-order chi connectivity index (χ0) is 15.4. The predicted molar refractivity (Wildman–Crippen MR) is 80.8 cm³/mol. The fraction of sp³-hybridized carbons (Fsp3) is 0.118. The van der Waals surface area contributed by atoms with Gasteiger partial charge in [-0.1, -0.05) is 29.8 Å². The van der Waals surface area contributed by atoms with Gasteiger partial charge in [0.1, 0.15) is 17.3 Å². The van der Waals surface area contributed by atoms with E-state index in [0.29, 0.717) is 11.3 Å². The van der Waals surface area contributed by atoms with Crippen LogP contribution < -0.4 is 4.74 Å². The summed E-state index contributed by atoms with van der Waals surface area (Å²) in [7, 11) is 1.47. The van der Waals surface area contributed by atoms with Crippen molar-refractivity contribution in [2.24, 2.45) is 0 Å². The summed E-state index contributed by atoms with van der Waals surface area (Å²) < 4.78 is 5.02. The zero-order valence-electron chi connectivity index (χ0n) is 11.8. The number of aromatic hydroxyl groups is 1. The van der Waals surface area contributed by atoms with Crippen molar-refractivity contribution in [2.45, 2.75) is 6.92 Å². The number of ketones is 1. The Morgan fingerprint density at radius 1 is 1.14 bits per heavy atom. The van der Waals surface area contributed by atoms with Crippen LogP contribution in [0.15, 0.2) is 48.5 Å². The van der Waals surface area contributed by atoms with E-state index in [0.717, 1.165) is 11.6 Å². The molecule has 2 rings (SSSR count). The molecule has 0 aliphatic carbocycles. The summed E-state index contributed by atoms with van der Waals surface area (Å²) in [6, 6.07) is 11.5. The molecule has 0 aliphatic heterocycles. The van der Waals surface area contributed by atoms with Crippen molar-refractivity contribution in [3.63, 3.8) is 0 Å². The van der Waals surface area contributed by atoms with Gasteiger partial charge >= 0.3 is 0 Å². The molecule has 0 saturated heterocycles. The first-order chi connectivity index (χ1) is 10.0. The lowest BCUT2D eigenvalue weighted by Crippen LogP contribution is -1.98. The summed E-state index contributed by atoms with van der Waals surface area (Å²) in [5.74, 6) is -0.347. The van der Waals surface area contributed by atoms with Gasteiger partial charge < -0.3 is 14.9 Å². The van der Waals surface area contributed by atoms with Gasteiger partial charge in [-0.3, -0.25) is 4.79 Å². The van der Waals surface area contributed by atoms with Crippen LogP contribution in [-0.4, -0.2) is 23.1 Å². The van der Waals surface area contributed by atoms with E-state index in [4.69, 9.17) is 4.74 Å². The number of carbonyl (C=O) groups excluding carboxylic acids is 1. The smallest absolute Gasteiger partial charge is 0.193 e. The number of aliphatic hydroxyl groups is 1. The normalized spacial score (nSPS) is 11.2. The summed E-state index contributed by atoms with van der Waals surface area (Å²) in [5.41, 5.74) is 1.67. The molecule has 2 N–H and O–H groups in total. The average Bonchev–Trinajstić information content (AvgIpc) is 2.48. The van der Waals surface area contributed by atoms with Gasteiger partial charge in [0.25, 0.3) is 0 Å². The number of ether oxygens (including phenoxy) is 1. The van der Waals surface area contributed by atoms with Crippen LogP contribution in [0.25, 0.3) is 5.76 Å². The highest BCUT2D eigenvalue weighted by molar-refractivity contribution is 6.09. The molecule has 2 aromatic rings. The number of benzene rings is 2. The Balaban J connectivity index is 2.32. The Bertz CT molecular complexity index is 684. The van der Waals surface area contributed by atoms with Crippen molar-refractivity contribution in [3.8, 4) is 11.5 Å². The van der Waals surface area contributed by atoms with Crippen molar-refractivity contribution in [2.75, 3.05) is 7.11 Å². The molecule has 0 radical (unpaired) electrons. The molecular weight excluding hydrogens is 268 g/mol. The van der Waals surface area contributed by atoms with E-state index in [-0.39, 0.29) is 17.1 Å². The number of hydrogen-bond acceptors (Lipinski definition) is 4. The number of hydrogen-bond donors (Lipinski definition) is 2. The number of phenolic OH excluding ortho intramolecular Hbond substituents is 1. The van der Waals surface area contributed by atoms with E-state index >= 15 is 0 Å². The van der Waals surface area contributed by atoms with Crippen LogP contribution in [0.5, 0.6) is 11.5 Å². The molecule has 4 nitrogen and oxygen atoms in total. The third-order valence-electron chi connectivity index (χ3n) is 3.08. The Kier molecular flexibility index (Phi) is 4.28. The van der Waals surface area contributed by atoms with Crippen molar-refractivity contribution < 1.29 is 19.7 Å². The lowest BCUT2D eigenvalue weighted by molar-refractivity contribution is 0.104. The maximum absolute atomic E-state index is 12.1. The van der Waals surface area contributed by atoms with E-state index < -0.39 is 5.78 Å². The number of rotatable bonds is 4. The fourth-order valence-corrected chi connectivity index (χ4v) is 1.85. The monoisotopic (exact) mass is 284 g/mol. The number of methoxy groups -OCH3 is 1. The molecule has 4 heteroatoms. The molecule has 0 amide bonds. The second-order valence-electron chi connectivity index (χ2n) is 4.64. The van der Waals surface area contributed by atoms with Gasteiger partial charge in [0, 0.05) is 11.6 Å². The number of carbonyl (C=O) groups is 1. The lowest BCUT2D eigenvalue weighted by atomic mass is 10.1. The minimum atomic E-state index is -0.496. The molecule has 0 bridgehead atoms. The van der Waals surface area contributed by atoms with Gasteiger partial charge in [-0.15, -0.1) is 0 Å². The number of aryl methyl sites for hydroxylation is 1. The quantitative estimate of drug-likeness (QED) is 0.512. The maximum atomic E-state index is 12.1. The van der Waals surface area contributed by atoms with Gasteiger partial charge in [-0.25, -0.2) is 0 Å². The summed E-state index contributed by atoms with van der Waals surface area (Å²) in [6.07, 6.45) is 1.08. The first-order valence-electron chi connectivity index (χ1n) is 6.40. The van der Waals surface area contributed by atoms with Crippen LogP contribution in [0, 0.1) is 6.92 Å². The van der Waals surface area contributed by atoms with Crippen LogP contribution in [0.3, 0.4) is 0 Å². The van der Waals surface area contributed by atoms with Gasteiger partial charge in [0.05, 0.1) is 12.7 Å². The Hall–Kier alpha value is -2.75. The van der Waals surface area contributed by atoms with Gasteiger partial charge in [0.2, 0.25) is 0 Å². The van der Waals surface area contributed by atoms with E-state index in [9.17, 15) is 15.0 Å². The van der Waals surface area contributed by atoms with Crippen molar-refractivity contribution in [1.29, 1.82) is 0 Å². The molecule has 0 aromatic heterocycles. The van der Waals surface area contributed by atoms with Gasteiger partial charge in [0.15, 0.2) is 5.78 Å². The van der Waals surface area contributed by atoms with Crippen molar-refractivity contribution in [3.05, 3.63) is 65.2 Å². The number of aliphatic hydroxyl groups excluding tert-OH is 1. The number of phenols is 1. The van der Waals surface area contributed by atoms with Crippen LogP contribution in [0.2, 0.25) is 0 Å². The topological polar surface area (TPSA) is 66.8 Å². The van der Waals surface area contributed by atoms with E-state index in [2.05, 4.69) is 0 Å². The molecule has 0 spiro atoms. The number of allylic oxidation sites excluding steroid dienone is 1. The SMILES string of the molecule is COc1ccc(O)c(C(=O)/C=C(\O)c2ccc(C)cc2)c1. The van der Waals surface area contributed by atoms with Crippen LogP contribution in [0.1, 0.15) is 21.5 Å². The molecule has 0 unspecified atom stereocenters. The molecule has 0 atom stereocenters. The van der Waals surface area contributed by atoms with Crippen LogP contribution in [0.4, 0.5) is 0 Å². The molecule has 0 saturated carbocycles. The van der Waals surface area contributed by atoms with Crippen molar-refractivity contribution in [1.82, 2.24) is 0 Å². The molecule has 21 heavy (non-hydrogen) atoms. The summed E-state index contributed by atoms with van der Waals surface area (Å²) in [5, 5.41) is 19.7. The Morgan fingerprint density at radius 2 is 1.81 bits per heavy atom. The first-order valence-corrected chi connectivity index (χ1v) is 6.40. The minimum Gasteiger partial charge on any atom is -0.507 e. The Morgan fingerprint density at radius 3 is 2.43 bits per heavy atom. The standard InChI is InChI=1S/C17H16O4/c1-11-3-5-12(6-4-11)16(19)10-17(20)14-9-13(21-2)7-8-15(14)18/h3-10,18-19H,1-2H3/b16-10-. The molecule has 0 heterocycles. The second kappa shape index (κ2) is 6.13. The zero-order valence-corrected chi connectivity index (χ0v) is 11.8. The maximum Gasteiger partial charge on any atom is 0.193 e. The van der Waals surface area contributed by atoms with Gasteiger partial charge in [-0.2, -0.15) is 0 Å². The highest BCUT2D eigenvalue weighted by Crippen LogP contribution is 2.24. The highest BCUT2D eigenvalue weighted by Gasteiger charge is 2.12. The summed E-state index contributed by atoms with van der Waals surface area (Å²) in [6.45, 7) is 1.93. The first kappa shape index (κ1) is 14.7. The molecule has 0 fully saturated rings. The Labute approximate surface area is 122 Å². The summed E-state index contributed by atoms with van der Waals surface area (Å²) in [4.78, 5) is 12.1. The predicted octanol–water partition coefficient (Wildman–Crippen LogP) is 3.49.